The molecule has 0 aliphatic carbocycles. The highest BCUT2D eigenvalue weighted by molar-refractivity contribution is 6.05. The van der Waals surface area contributed by atoms with E-state index in [1.165, 1.54) is 36.8 Å². The largest absolute Gasteiger partial charge is 0.271 e. The van der Waals surface area contributed by atoms with Crippen LogP contribution in [0.15, 0.2) is 143 Å². The molecule has 4 aromatic carbocycles. The number of hydrogen-bond donors (Lipinski definition) is 3. The monoisotopic (exact) mass is 669 g/mol. The first-order valence-corrected chi connectivity index (χ1v) is 15.7. The zero-order valence-corrected chi connectivity index (χ0v) is 26.8. The van der Waals surface area contributed by atoms with Crippen LogP contribution in [0.3, 0.4) is 0 Å². The van der Waals surface area contributed by atoms with Crippen molar-refractivity contribution in [2.45, 2.75) is 0 Å². The van der Waals surface area contributed by atoms with Crippen LogP contribution in [-0.4, -0.2) is 51.3 Å². The third-order valence-electron chi connectivity index (χ3n) is 7.67. The molecule has 0 aliphatic rings. The fourth-order valence-corrected chi connectivity index (χ4v) is 5.15. The third-order valence-corrected chi connectivity index (χ3v) is 7.67. The Balaban J connectivity index is 1.10. The number of amides is 3. The Morgan fingerprint density at radius 2 is 0.706 bits per heavy atom. The minimum absolute atomic E-state index is 0.00299. The lowest BCUT2D eigenvalue weighted by molar-refractivity contribution is 0.0954. The van der Waals surface area contributed by atoms with E-state index in [0.717, 1.165) is 32.7 Å². The predicted molar refractivity (Wildman–Crippen MR) is 197 cm³/mol. The smallest absolute Gasteiger partial charge is 0.267 e. The van der Waals surface area contributed by atoms with Gasteiger partial charge >= 0.3 is 0 Å². The average Bonchev–Trinajstić information content (AvgIpc) is 3.17. The van der Waals surface area contributed by atoms with Crippen molar-refractivity contribution in [3.05, 3.63) is 161 Å². The van der Waals surface area contributed by atoms with Crippen LogP contribution in [0.25, 0.3) is 32.7 Å². The van der Waals surface area contributed by atoms with Gasteiger partial charge in [-0.05, 0) is 54.6 Å². The molecule has 0 radical (unpaired) electrons. The SMILES string of the molecule is O=C(N/N=C/c1ccc2ccccc2n1)c1cc(C(=O)N/N=C/c2ccc3ccccc3n2)cc(C(=O)N/N=C/c2ccc3ccccc3n2)c1. The Labute approximate surface area is 290 Å². The summed E-state index contributed by atoms with van der Waals surface area (Å²) in [6, 6.07) is 37.9. The van der Waals surface area contributed by atoms with Crippen LogP contribution in [0.5, 0.6) is 0 Å². The number of benzene rings is 4. The van der Waals surface area contributed by atoms with Crippen molar-refractivity contribution in [3.63, 3.8) is 0 Å². The summed E-state index contributed by atoms with van der Waals surface area (Å²) in [7, 11) is 0. The van der Waals surface area contributed by atoms with Gasteiger partial charge in [-0.1, -0.05) is 72.8 Å². The second-order valence-corrected chi connectivity index (χ2v) is 11.2. The van der Waals surface area contributed by atoms with Gasteiger partial charge in [-0.3, -0.25) is 14.4 Å². The van der Waals surface area contributed by atoms with Gasteiger partial charge < -0.3 is 0 Å². The quantitative estimate of drug-likeness (QED) is 0.133. The number of pyridine rings is 3. The third kappa shape index (κ3) is 7.82. The number of aromatic nitrogens is 3. The lowest BCUT2D eigenvalue weighted by Gasteiger charge is -2.08. The zero-order valence-electron chi connectivity index (χ0n) is 26.8. The van der Waals surface area contributed by atoms with E-state index in [2.05, 4.69) is 46.5 Å². The Bertz CT molecular complexity index is 2260. The molecule has 3 heterocycles. The molecule has 3 aromatic heterocycles. The highest BCUT2D eigenvalue weighted by atomic mass is 16.2. The van der Waals surface area contributed by atoms with Crippen molar-refractivity contribution in [3.8, 4) is 0 Å². The van der Waals surface area contributed by atoms with E-state index in [-0.39, 0.29) is 16.7 Å². The van der Waals surface area contributed by atoms with Crippen LogP contribution in [0, 0.1) is 0 Å². The summed E-state index contributed by atoms with van der Waals surface area (Å²) >= 11 is 0. The molecule has 0 saturated carbocycles. The molecule has 0 spiro atoms. The van der Waals surface area contributed by atoms with Crippen LogP contribution in [-0.2, 0) is 0 Å². The van der Waals surface area contributed by atoms with E-state index in [9.17, 15) is 14.4 Å². The van der Waals surface area contributed by atoms with E-state index in [1.807, 2.05) is 91.0 Å². The fraction of sp³-hybridized carbons (Fsp3) is 0. The lowest BCUT2D eigenvalue weighted by atomic mass is 10.0. The number of rotatable bonds is 9. The van der Waals surface area contributed by atoms with Gasteiger partial charge in [-0.15, -0.1) is 0 Å². The summed E-state index contributed by atoms with van der Waals surface area (Å²) < 4.78 is 0. The Morgan fingerprint density at radius 1 is 0.412 bits per heavy atom. The van der Waals surface area contributed by atoms with Gasteiger partial charge in [0.1, 0.15) is 0 Å². The molecule has 246 valence electrons. The van der Waals surface area contributed by atoms with Crippen molar-refractivity contribution in [2.75, 3.05) is 0 Å². The number of nitrogens with zero attached hydrogens (tertiary/aromatic N) is 6. The van der Waals surface area contributed by atoms with Gasteiger partial charge in [0.05, 0.1) is 52.3 Å². The number of hydrogen-bond acceptors (Lipinski definition) is 9. The molecule has 7 aromatic rings. The standard InChI is InChI=1S/C39H27N9O3/c49-37(46-40-22-31-16-13-25-7-1-4-10-34(25)43-31)28-19-29(38(50)47-41-23-32-17-14-26-8-2-5-11-35(26)44-32)21-30(20-28)39(51)48-42-24-33-18-15-27-9-3-6-12-36(27)45-33/h1-24H,(H,46,49)(H,47,50)(H,48,51)/b40-22+,41-23+,42-24+. The second-order valence-electron chi connectivity index (χ2n) is 11.2. The maximum absolute atomic E-state index is 13.2. The molecule has 0 bridgehead atoms. The fourth-order valence-electron chi connectivity index (χ4n) is 5.15. The Hall–Kier alpha value is -7.47. The van der Waals surface area contributed by atoms with Crippen LogP contribution in [0.4, 0.5) is 0 Å². The van der Waals surface area contributed by atoms with E-state index in [0.29, 0.717) is 17.1 Å². The van der Waals surface area contributed by atoms with Gasteiger partial charge in [0, 0.05) is 32.8 Å². The molecule has 0 unspecified atom stereocenters. The summed E-state index contributed by atoms with van der Waals surface area (Å²) in [5.41, 5.74) is 11.2. The molecular formula is C39H27N9O3. The summed E-state index contributed by atoms with van der Waals surface area (Å²) in [6.45, 7) is 0. The minimum Gasteiger partial charge on any atom is -0.267 e. The van der Waals surface area contributed by atoms with Crippen molar-refractivity contribution >= 4 is 69.1 Å². The van der Waals surface area contributed by atoms with Gasteiger partial charge in [0.25, 0.3) is 17.7 Å². The molecule has 3 N–H and O–H groups in total. The number of carbonyl (C=O) groups excluding carboxylic acids is 3. The Morgan fingerprint density at radius 3 is 1.02 bits per heavy atom. The van der Waals surface area contributed by atoms with E-state index in [1.54, 1.807) is 18.2 Å². The van der Waals surface area contributed by atoms with Crippen molar-refractivity contribution < 1.29 is 14.4 Å². The highest BCUT2D eigenvalue weighted by Gasteiger charge is 2.16. The van der Waals surface area contributed by atoms with Crippen LogP contribution < -0.4 is 16.3 Å². The zero-order chi connectivity index (χ0) is 35.0. The predicted octanol–water partition coefficient (Wildman–Crippen LogP) is 5.62. The normalized spacial score (nSPS) is 11.5. The second kappa shape index (κ2) is 14.7. The van der Waals surface area contributed by atoms with Crippen LogP contribution >= 0.6 is 0 Å². The van der Waals surface area contributed by atoms with E-state index < -0.39 is 17.7 Å². The number of fused-ring (bicyclic) bond motifs is 3. The number of para-hydroxylation sites is 3. The van der Waals surface area contributed by atoms with Crippen molar-refractivity contribution in [2.24, 2.45) is 15.3 Å². The summed E-state index contributed by atoms with van der Waals surface area (Å²) in [5.74, 6) is -1.99. The molecule has 3 amide bonds. The van der Waals surface area contributed by atoms with Crippen LogP contribution in [0.1, 0.15) is 48.2 Å². The van der Waals surface area contributed by atoms with Gasteiger partial charge in [0.15, 0.2) is 0 Å². The molecule has 12 heteroatoms. The van der Waals surface area contributed by atoms with Gasteiger partial charge in [-0.25, -0.2) is 31.2 Å². The van der Waals surface area contributed by atoms with Gasteiger partial charge in [-0.2, -0.15) is 15.3 Å². The molecule has 0 saturated heterocycles. The maximum atomic E-state index is 13.2. The molecule has 0 aliphatic heterocycles. The van der Waals surface area contributed by atoms with Crippen molar-refractivity contribution in [1.29, 1.82) is 0 Å². The topological polar surface area (TPSA) is 163 Å². The summed E-state index contributed by atoms with van der Waals surface area (Å²) in [5, 5.41) is 15.0. The maximum Gasteiger partial charge on any atom is 0.271 e. The molecule has 7 rings (SSSR count). The van der Waals surface area contributed by atoms with E-state index >= 15 is 0 Å². The van der Waals surface area contributed by atoms with Gasteiger partial charge in [0.2, 0.25) is 0 Å². The summed E-state index contributed by atoms with van der Waals surface area (Å²) in [6.07, 6.45) is 4.21. The Kier molecular flexibility index (Phi) is 9.28. The van der Waals surface area contributed by atoms with Crippen molar-refractivity contribution in [1.82, 2.24) is 31.2 Å². The number of carbonyl (C=O) groups is 3. The first-order chi connectivity index (χ1) is 25.0. The first kappa shape index (κ1) is 32.1. The number of nitrogens with one attached hydrogen (secondary N) is 3. The highest BCUT2D eigenvalue weighted by Crippen LogP contribution is 2.15. The lowest BCUT2D eigenvalue weighted by Crippen LogP contribution is -2.24. The minimum atomic E-state index is -0.663. The average molecular weight is 670 g/mol. The molecule has 0 atom stereocenters. The van der Waals surface area contributed by atoms with E-state index in [4.69, 9.17) is 0 Å². The molecule has 12 nitrogen and oxygen atoms in total. The number of hydrazone groups is 3. The molecule has 0 fully saturated rings. The summed E-state index contributed by atoms with van der Waals surface area (Å²) in [4.78, 5) is 53.2. The molecule has 51 heavy (non-hydrogen) atoms. The molecular weight excluding hydrogens is 642 g/mol. The first-order valence-electron chi connectivity index (χ1n) is 15.7. The van der Waals surface area contributed by atoms with Crippen LogP contribution in [0.2, 0.25) is 0 Å².